The lowest BCUT2D eigenvalue weighted by atomic mass is 10.1. The van der Waals surface area contributed by atoms with Gasteiger partial charge in [-0.25, -0.2) is 9.59 Å². The number of hydrogen-bond donors (Lipinski definition) is 1. The van der Waals surface area contributed by atoms with Crippen molar-refractivity contribution in [2.75, 3.05) is 5.32 Å². The number of hydrogen-bond acceptors (Lipinski definition) is 4. The summed E-state index contributed by atoms with van der Waals surface area (Å²) in [5.74, 6) is 0. The highest BCUT2D eigenvalue weighted by Crippen LogP contribution is 2.27. The van der Waals surface area contributed by atoms with Crippen molar-refractivity contribution in [3.05, 3.63) is 29.3 Å². The van der Waals surface area contributed by atoms with Gasteiger partial charge in [0.05, 0.1) is 0 Å². The van der Waals surface area contributed by atoms with Gasteiger partial charge in [-0.1, -0.05) is 6.07 Å². The smallest absolute Gasteiger partial charge is 0.412 e. The van der Waals surface area contributed by atoms with Crippen LogP contribution in [0.5, 0.6) is 0 Å². The number of rotatable bonds is 1. The first-order chi connectivity index (χ1) is 10.9. The van der Waals surface area contributed by atoms with Crippen molar-refractivity contribution in [2.45, 2.75) is 65.8 Å². The van der Waals surface area contributed by atoms with Gasteiger partial charge in [0.1, 0.15) is 11.2 Å². The Morgan fingerprint density at radius 1 is 0.958 bits per heavy atom. The first kappa shape index (κ1) is 18.1. The number of carbonyl (C=O) groups is 2. The Hall–Kier alpha value is -2.24. The molecule has 0 aliphatic carbocycles. The van der Waals surface area contributed by atoms with E-state index in [9.17, 15) is 9.59 Å². The van der Waals surface area contributed by atoms with Gasteiger partial charge in [-0.2, -0.15) is 0 Å². The number of nitrogens with one attached hydrogen (secondary N) is 1. The highest BCUT2D eigenvalue weighted by Gasteiger charge is 2.28. The van der Waals surface area contributed by atoms with E-state index in [0.717, 1.165) is 11.1 Å². The Morgan fingerprint density at radius 3 is 2.12 bits per heavy atom. The van der Waals surface area contributed by atoms with Crippen LogP contribution in [0.15, 0.2) is 18.2 Å². The molecule has 132 valence electrons. The molecule has 0 spiro atoms. The van der Waals surface area contributed by atoms with Crippen LogP contribution in [0.2, 0.25) is 0 Å². The number of benzene rings is 1. The van der Waals surface area contributed by atoms with Gasteiger partial charge in [-0.15, -0.1) is 0 Å². The maximum Gasteiger partial charge on any atom is 0.412 e. The summed E-state index contributed by atoms with van der Waals surface area (Å²) in [5.41, 5.74) is 1.63. The minimum atomic E-state index is -0.547. The fraction of sp³-hybridized carbons (Fsp3) is 0.556. The first-order valence-corrected chi connectivity index (χ1v) is 8.03. The summed E-state index contributed by atoms with van der Waals surface area (Å²) in [6.07, 6.45) is -0.829. The molecule has 0 bridgehead atoms. The average Bonchev–Trinajstić information content (AvgIpc) is 2.77. The minimum Gasteiger partial charge on any atom is -0.444 e. The molecular weight excluding hydrogens is 308 g/mol. The number of anilines is 1. The van der Waals surface area contributed by atoms with Gasteiger partial charge in [-0.3, -0.25) is 10.2 Å². The second-order valence-electron chi connectivity index (χ2n) is 7.95. The van der Waals surface area contributed by atoms with Crippen molar-refractivity contribution in [1.29, 1.82) is 0 Å². The van der Waals surface area contributed by atoms with E-state index in [1.165, 1.54) is 0 Å². The van der Waals surface area contributed by atoms with Gasteiger partial charge in [0, 0.05) is 18.8 Å². The average molecular weight is 334 g/mol. The van der Waals surface area contributed by atoms with Crippen LogP contribution in [-0.4, -0.2) is 28.3 Å². The van der Waals surface area contributed by atoms with Gasteiger partial charge >= 0.3 is 12.2 Å². The predicted molar refractivity (Wildman–Crippen MR) is 91.8 cm³/mol. The molecule has 0 aromatic heterocycles. The molecule has 0 unspecified atom stereocenters. The zero-order chi connectivity index (χ0) is 18.1. The largest absolute Gasteiger partial charge is 0.444 e. The van der Waals surface area contributed by atoms with Crippen molar-refractivity contribution in [3.8, 4) is 0 Å². The summed E-state index contributed by atoms with van der Waals surface area (Å²) < 4.78 is 10.6. The van der Waals surface area contributed by atoms with E-state index in [1.807, 2.05) is 53.7 Å². The summed E-state index contributed by atoms with van der Waals surface area (Å²) in [7, 11) is 0. The van der Waals surface area contributed by atoms with E-state index in [0.29, 0.717) is 18.8 Å². The normalized spacial score (nSPS) is 14.2. The van der Waals surface area contributed by atoms with Crippen molar-refractivity contribution in [2.24, 2.45) is 0 Å². The van der Waals surface area contributed by atoms with Crippen LogP contribution in [0, 0.1) is 0 Å². The number of ether oxygens (including phenoxy) is 2. The topological polar surface area (TPSA) is 67.9 Å². The van der Waals surface area contributed by atoms with E-state index < -0.39 is 17.3 Å². The van der Waals surface area contributed by atoms with Crippen LogP contribution < -0.4 is 5.32 Å². The summed E-state index contributed by atoms with van der Waals surface area (Å²) >= 11 is 0. The van der Waals surface area contributed by atoms with Crippen LogP contribution in [0.4, 0.5) is 15.3 Å². The van der Waals surface area contributed by atoms with Crippen LogP contribution >= 0.6 is 0 Å². The summed E-state index contributed by atoms with van der Waals surface area (Å²) in [5, 5.41) is 2.71. The van der Waals surface area contributed by atoms with Crippen LogP contribution in [-0.2, 0) is 22.6 Å². The van der Waals surface area contributed by atoms with Gasteiger partial charge in [0.2, 0.25) is 0 Å². The fourth-order valence-corrected chi connectivity index (χ4v) is 2.35. The van der Waals surface area contributed by atoms with Crippen molar-refractivity contribution in [1.82, 2.24) is 4.90 Å². The number of amides is 2. The number of carbonyl (C=O) groups excluding carboxylic acids is 2. The Morgan fingerprint density at radius 2 is 1.54 bits per heavy atom. The molecule has 0 radical (unpaired) electrons. The minimum absolute atomic E-state index is 0.333. The van der Waals surface area contributed by atoms with Gasteiger partial charge in [0.25, 0.3) is 0 Å². The highest BCUT2D eigenvalue weighted by molar-refractivity contribution is 5.85. The summed E-state index contributed by atoms with van der Waals surface area (Å²) in [4.78, 5) is 25.6. The highest BCUT2D eigenvalue weighted by atomic mass is 16.6. The standard InChI is InChI=1S/C18H26N2O4/c1-17(2,3)23-15(21)19-14-8-7-12-10-20(11-13(12)9-14)16(22)24-18(4,5)6/h7-9H,10-11H2,1-6H3,(H,19,21). The molecule has 1 N–H and O–H groups in total. The molecule has 0 saturated heterocycles. The summed E-state index contributed by atoms with van der Waals surface area (Å²) in [6.45, 7) is 12.0. The van der Waals surface area contributed by atoms with Crippen molar-refractivity contribution in [3.63, 3.8) is 0 Å². The Labute approximate surface area is 143 Å². The van der Waals surface area contributed by atoms with E-state index in [-0.39, 0.29) is 6.09 Å². The van der Waals surface area contributed by atoms with Crippen molar-refractivity contribution >= 4 is 17.9 Å². The zero-order valence-electron chi connectivity index (χ0n) is 15.2. The quantitative estimate of drug-likeness (QED) is 0.832. The maximum absolute atomic E-state index is 12.2. The van der Waals surface area contributed by atoms with E-state index >= 15 is 0 Å². The third-order valence-electron chi connectivity index (χ3n) is 3.23. The van der Waals surface area contributed by atoms with Gasteiger partial charge in [0.15, 0.2) is 0 Å². The van der Waals surface area contributed by atoms with E-state index in [2.05, 4.69) is 5.32 Å². The fourth-order valence-electron chi connectivity index (χ4n) is 2.35. The SMILES string of the molecule is CC(C)(C)OC(=O)Nc1ccc2c(c1)CN(C(=O)OC(C)(C)C)C2. The van der Waals surface area contributed by atoms with Crippen molar-refractivity contribution < 1.29 is 19.1 Å². The van der Waals surface area contributed by atoms with Crippen LogP contribution in [0.25, 0.3) is 0 Å². The molecular formula is C18H26N2O4. The number of fused-ring (bicyclic) bond motifs is 1. The monoisotopic (exact) mass is 334 g/mol. The molecule has 0 fully saturated rings. The number of nitrogens with zero attached hydrogens (tertiary/aromatic N) is 1. The Bertz CT molecular complexity index is 641. The molecule has 24 heavy (non-hydrogen) atoms. The maximum atomic E-state index is 12.2. The Balaban J connectivity index is 2.01. The Kier molecular flexibility index (Phi) is 4.78. The van der Waals surface area contributed by atoms with E-state index in [1.54, 1.807) is 11.0 Å². The predicted octanol–water partition coefficient (Wildman–Crippen LogP) is 4.28. The molecule has 0 atom stereocenters. The molecule has 1 aromatic rings. The lowest BCUT2D eigenvalue weighted by Crippen LogP contribution is -2.33. The molecule has 6 heteroatoms. The third kappa shape index (κ3) is 5.15. The molecule has 2 amide bonds. The lowest BCUT2D eigenvalue weighted by molar-refractivity contribution is 0.0241. The molecule has 1 heterocycles. The molecule has 6 nitrogen and oxygen atoms in total. The summed E-state index contributed by atoms with van der Waals surface area (Å²) in [6, 6.07) is 5.58. The molecule has 1 aliphatic heterocycles. The third-order valence-corrected chi connectivity index (χ3v) is 3.23. The van der Waals surface area contributed by atoms with E-state index in [4.69, 9.17) is 9.47 Å². The lowest BCUT2D eigenvalue weighted by Gasteiger charge is -2.24. The molecule has 2 rings (SSSR count). The molecule has 0 saturated carbocycles. The van der Waals surface area contributed by atoms with Crippen LogP contribution in [0.3, 0.4) is 0 Å². The van der Waals surface area contributed by atoms with Gasteiger partial charge < -0.3 is 9.47 Å². The van der Waals surface area contributed by atoms with Crippen LogP contribution in [0.1, 0.15) is 52.7 Å². The second kappa shape index (κ2) is 6.34. The zero-order valence-corrected chi connectivity index (χ0v) is 15.2. The molecule has 1 aliphatic rings. The second-order valence-corrected chi connectivity index (χ2v) is 7.95. The molecule has 1 aromatic carbocycles. The first-order valence-electron chi connectivity index (χ1n) is 8.03. The van der Waals surface area contributed by atoms with Gasteiger partial charge in [-0.05, 0) is 64.8 Å².